The van der Waals surface area contributed by atoms with Gasteiger partial charge < -0.3 is 15.0 Å². The average molecular weight is 438 g/mol. The number of anilines is 1. The van der Waals surface area contributed by atoms with E-state index in [-0.39, 0.29) is 10.6 Å². The molecule has 31 heavy (non-hydrogen) atoms. The summed E-state index contributed by atoms with van der Waals surface area (Å²) in [6.07, 6.45) is 5.51. The lowest BCUT2D eigenvalue weighted by Crippen LogP contribution is -2.49. The number of unbranched alkanes of at least 4 members (excludes halogenated alkanes) is 1. The second kappa shape index (κ2) is 13.5. The van der Waals surface area contributed by atoms with Crippen LogP contribution in [0.4, 0.5) is 11.4 Å². The van der Waals surface area contributed by atoms with Crippen LogP contribution in [0.25, 0.3) is 0 Å². The first-order valence-electron chi connectivity index (χ1n) is 11.9. The summed E-state index contributed by atoms with van der Waals surface area (Å²) in [6.45, 7) is 14.6. The molecular weight excluding hydrogens is 396 g/mol. The van der Waals surface area contributed by atoms with Crippen LogP contribution in [0.15, 0.2) is 18.2 Å². The molecule has 0 atom stereocenters. The largest absolute Gasteiger partial charge is 0.493 e. The highest BCUT2D eigenvalue weighted by Crippen LogP contribution is 2.26. The minimum absolute atomic E-state index is 0.0500. The van der Waals surface area contributed by atoms with E-state index in [2.05, 4.69) is 31.0 Å². The molecule has 1 aromatic rings. The maximum atomic E-state index is 11.3. The Morgan fingerprint density at radius 2 is 1.84 bits per heavy atom. The van der Waals surface area contributed by atoms with Gasteiger partial charge in [-0.1, -0.05) is 13.3 Å². The Kier molecular flexibility index (Phi) is 11.0. The Labute approximate surface area is 187 Å². The van der Waals surface area contributed by atoms with E-state index in [4.69, 9.17) is 9.57 Å². The molecule has 1 N–H and O–H groups in total. The second-order valence-electron chi connectivity index (χ2n) is 8.25. The van der Waals surface area contributed by atoms with E-state index in [1.807, 2.05) is 6.07 Å². The fourth-order valence-corrected chi connectivity index (χ4v) is 3.98. The van der Waals surface area contributed by atoms with Crippen LogP contribution in [0.2, 0.25) is 0 Å². The van der Waals surface area contributed by atoms with E-state index in [9.17, 15) is 10.1 Å². The number of nitrogens with zero attached hydrogens (tertiary/aromatic N) is 3. The molecular formula is C23H41N4O4+. The van der Waals surface area contributed by atoms with Crippen LogP contribution in [-0.4, -0.2) is 73.5 Å². The SMILES string of the molecule is CCCCNc1cc(OCCC[N+](CC)(CC)OCCN2CCCC2)cc([N+](=O)[O-])c1. The molecule has 0 saturated carbocycles. The summed E-state index contributed by atoms with van der Waals surface area (Å²) in [7, 11) is 0. The second-order valence-corrected chi connectivity index (χ2v) is 8.25. The van der Waals surface area contributed by atoms with Gasteiger partial charge in [-0.15, -0.1) is 0 Å². The quantitative estimate of drug-likeness (QED) is 0.178. The Morgan fingerprint density at radius 1 is 1.10 bits per heavy atom. The highest BCUT2D eigenvalue weighted by Gasteiger charge is 2.26. The molecule has 0 spiro atoms. The smallest absolute Gasteiger partial charge is 0.275 e. The summed E-state index contributed by atoms with van der Waals surface area (Å²) in [5.74, 6) is 0.536. The number of nitro benzene ring substituents is 1. The van der Waals surface area contributed by atoms with Crippen molar-refractivity contribution in [2.75, 3.05) is 64.3 Å². The van der Waals surface area contributed by atoms with Crippen molar-refractivity contribution in [1.82, 2.24) is 4.90 Å². The first-order valence-corrected chi connectivity index (χ1v) is 11.9. The summed E-state index contributed by atoms with van der Waals surface area (Å²) in [4.78, 5) is 19.7. The summed E-state index contributed by atoms with van der Waals surface area (Å²) in [5.41, 5.74) is 0.782. The van der Waals surface area contributed by atoms with Gasteiger partial charge in [-0.2, -0.15) is 4.65 Å². The highest BCUT2D eigenvalue weighted by molar-refractivity contribution is 5.56. The molecule has 1 heterocycles. The lowest BCUT2D eigenvalue weighted by Gasteiger charge is -2.34. The molecule has 2 rings (SSSR count). The molecule has 0 radical (unpaired) electrons. The standard InChI is InChI=1S/C23H41N4O4/c1-4-7-11-24-21-18-22(26(28)29)20-23(19-21)30-16-10-15-27(5-2,6-3)31-17-14-25-12-8-9-13-25/h18-20,24H,4-17H2,1-3H3/q+1. The number of hydroxylamine groups is 3. The molecule has 176 valence electrons. The first kappa shape index (κ1) is 25.4. The zero-order valence-electron chi connectivity index (χ0n) is 19.6. The number of ether oxygens (including phenoxy) is 1. The highest BCUT2D eigenvalue weighted by atomic mass is 16.7. The predicted molar refractivity (Wildman–Crippen MR) is 124 cm³/mol. The van der Waals surface area contributed by atoms with Crippen LogP contribution in [-0.2, 0) is 4.84 Å². The van der Waals surface area contributed by atoms with Gasteiger partial charge in [0.2, 0.25) is 0 Å². The normalized spacial score (nSPS) is 14.7. The van der Waals surface area contributed by atoms with Crippen LogP contribution in [0.5, 0.6) is 5.75 Å². The van der Waals surface area contributed by atoms with E-state index < -0.39 is 0 Å². The number of nitro groups is 1. The van der Waals surface area contributed by atoms with Crippen LogP contribution < -0.4 is 10.1 Å². The Bertz CT molecular complexity index is 661. The van der Waals surface area contributed by atoms with Gasteiger partial charge in [0.15, 0.2) is 0 Å². The topological polar surface area (TPSA) is 76.9 Å². The van der Waals surface area contributed by atoms with E-state index in [1.54, 1.807) is 6.07 Å². The van der Waals surface area contributed by atoms with Gasteiger partial charge in [0, 0.05) is 37.3 Å². The third-order valence-corrected chi connectivity index (χ3v) is 6.06. The third-order valence-electron chi connectivity index (χ3n) is 6.06. The van der Waals surface area contributed by atoms with Gasteiger partial charge in [-0.25, -0.2) is 4.84 Å². The molecule has 0 aliphatic carbocycles. The van der Waals surface area contributed by atoms with Crippen LogP contribution in [0.3, 0.4) is 0 Å². The Hall–Kier alpha value is -1.90. The number of rotatable bonds is 16. The van der Waals surface area contributed by atoms with Crippen molar-refractivity contribution >= 4 is 11.4 Å². The molecule has 0 unspecified atom stereocenters. The van der Waals surface area contributed by atoms with E-state index in [1.165, 1.54) is 32.0 Å². The fraction of sp³-hybridized carbons (Fsp3) is 0.739. The van der Waals surface area contributed by atoms with Crippen molar-refractivity contribution in [1.29, 1.82) is 0 Å². The van der Waals surface area contributed by atoms with Crippen molar-refractivity contribution in [2.45, 2.75) is 52.9 Å². The number of hydrogen-bond acceptors (Lipinski definition) is 6. The van der Waals surface area contributed by atoms with Crippen molar-refractivity contribution in [3.05, 3.63) is 28.3 Å². The van der Waals surface area contributed by atoms with Gasteiger partial charge in [0.25, 0.3) is 5.69 Å². The van der Waals surface area contributed by atoms with Crippen LogP contribution in [0.1, 0.15) is 52.9 Å². The molecule has 0 bridgehead atoms. The van der Waals surface area contributed by atoms with Crippen molar-refractivity contribution < 1.29 is 19.1 Å². The first-order chi connectivity index (χ1) is 15.0. The van der Waals surface area contributed by atoms with Crippen molar-refractivity contribution in [3.63, 3.8) is 0 Å². The minimum Gasteiger partial charge on any atom is -0.493 e. The molecule has 8 heteroatoms. The minimum atomic E-state index is -0.373. The Balaban J connectivity index is 1.84. The number of quaternary nitrogens is 1. The number of likely N-dealkylation sites (tertiary alicyclic amines) is 1. The van der Waals surface area contributed by atoms with Gasteiger partial charge in [0.05, 0.1) is 17.6 Å². The monoisotopic (exact) mass is 437 g/mol. The number of hydrogen-bond donors (Lipinski definition) is 1. The maximum absolute atomic E-state index is 11.3. The van der Waals surface area contributed by atoms with Gasteiger partial charge in [-0.3, -0.25) is 10.1 Å². The van der Waals surface area contributed by atoms with Crippen molar-refractivity contribution in [3.8, 4) is 5.75 Å². The molecule has 1 aliphatic rings. The predicted octanol–water partition coefficient (Wildman–Crippen LogP) is 4.46. The van der Waals surface area contributed by atoms with E-state index in [0.29, 0.717) is 17.0 Å². The van der Waals surface area contributed by atoms with Crippen LogP contribution >= 0.6 is 0 Å². The molecule has 0 aromatic heterocycles. The Morgan fingerprint density at radius 3 is 2.48 bits per heavy atom. The number of non-ortho nitro benzene ring substituents is 1. The van der Waals surface area contributed by atoms with Crippen molar-refractivity contribution in [2.24, 2.45) is 0 Å². The molecule has 0 amide bonds. The number of nitrogens with one attached hydrogen (secondary N) is 1. The summed E-state index contributed by atoms with van der Waals surface area (Å²) < 4.78 is 6.52. The summed E-state index contributed by atoms with van der Waals surface area (Å²) in [5, 5.41) is 14.5. The maximum Gasteiger partial charge on any atom is 0.275 e. The molecule has 1 aromatic carbocycles. The summed E-state index contributed by atoms with van der Waals surface area (Å²) in [6, 6.07) is 4.91. The third kappa shape index (κ3) is 8.63. The fourth-order valence-electron chi connectivity index (χ4n) is 3.98. The lowest BCUT2D eigenvalue weighted by atomic mass is 10.2. The van der Waals surface area contributed by atoms with E-state index >= 15 is 0 Å². The molecule has 1 saturated heterocycles. The zero-order chi connectivity index (χ0) is 22.5. The van der Waals surface area contributed by atoms with Gasteiger partial charge in [-0.05, 0) is 46.2 Å². The van der Waals surface area contributed by atoms with E-state index in [0.717, 1.165) is 64.3 Å². The molecule has 1 aliphatic heterocycles. The number of benzene rings is 1. The average Bonchev–Trinajstić information content (AvgIpc) is 3.29. The van der Waals surface area contributed by atoms with Gasteiger partial charge >= 0.3 is 0 Å². The molecule has 1 fully saturated rings. The lowest BCUT2D eigenvalue weighted by molar-refractivity contribution is -1.10. The van der Waals surface area contributed by atoms with Crippen LogP contribution in [0, 0.1) is 10.1 Å². The summed E-state index contributed by atoms with van der Waals surface area (Å²) >= 11 is 0. The van der Waals surface area contributed by atoms with Gasteiger partial charge in [0.1, 0.15) is 32.0 Å². The molecule has 8 nitrogen and oxygen atoms in total. The zero-order valence-corrected chi connectivity index (χ0v) is 19.6.